The summed E-state index contributed by atoms with van der Waals surface area (Å²) in [5.74, 6) is -0.980. The molecule has 1 fully saturated rings. The van der Waals surface area contributed by atoms with Crippen LogP contribution in [0.2, 0.25) is 0 Å². The first-order valence-electron chi connectivity index (χ1n) is 11.5. The van der Waals surface area contributed by atoms with Gasteiger partial charge in [-0.2, -0.15) is 8.42 Å². The molecule has 8 nitrogen and oxygen atoms in total. The van der Waals surface area contributed by atoms with Crippen LogP contribution in [0.1, 0.15) is 29.6 Å². The number of nitrogens with one attached hydrogen (secondary N) is 1. The molecule has 0 bridgehead atoms. The van der Waals surface area contributed by atoms with Gasteiger partial charge in [0.2, 0.25) is 5.91 Å². The Morgan fingerprint density at radius 2 is 1.53 bits per heavy atom. The molecule has 1 saturated heterocycles. The summed E-state index contributed by atoms with van der Waals surface area (Å²) in [5, 5.41) is 2.59. The molecule has 188 valence electrons. The molecule has 0 aromatic heterocycles. The number of hydrogen-bond donors (Lipinski definition) is 1. The van der Waals surface area contributed by atoms with Crippen LogP contribution in [0.4, 0.5) is 10.1 Å². The zero-order valence-electron chi connectivity index (χ0n) is 19.5. The van der Waals surface area contributed by atoms with Gasteiger partial charge in [-0.05, 0) is 79.9 Å². The quantitative estimate of drug-likeness (QED) is 0.465. The molecule has 10 heteroatoms. The summed E-state index contributed by atoms with van der Waals surface area (Å²) in [6.07, 6.45) is 3.02. The molecule has 36 heavy (non-hydrogen) atoms. The zero-order chi connectivity index (χ0) is 25.5. The van der Waals surface area contributed by atoms with Gasteiger partial charge in [-0.15, -0.1) is 0 Å². The molecule has 0 unspecified atom stereocenters. The van der Waals surface area contributed by atoms with Gasteiger partial charge in [0.1, 0.15) is 5.82 Å². The summed E-state index contributed by atoms with van der Waals surface area (Å²) in [7, 11) is -4.22. The topological polar surface area (TPSA) is 96.0 Å². The lowest BCUT2D eigenvalue weighted by Crippen LogP contribution is -2.42. The molecular formula is C26H26FN3O5S. The Morgan fingerprint density at radius 3 is 2.17 bits per heavy atom. The predicted octanol–water partition coefficient (Wildman–Crippen LogP) is 3.76. The number of amides is 2. The number of carbonyl (C=O) groups is 2. The maximum Gasteiger partial charge on any atom is 0.295 e. The first-order chi connectivity index (χ1) is 17.3. The third-order valence-corrected chi connectivity index (χ3v) is 7.30. The molecule has 1 N–H and O–H groups in total. The van der Waals surface area contributed by atoms with E-state index in [2.05, 4.69) is 5.32 Å². The van der Waals surface area contributed by atoms with Crippen LogP contribution in [0.3, 0.4) is 0 Å². The fourth-order valence-corrected chi connectivity index (χ4v) is 5.02. The second kappa shape index (κ2) is 11.2. The Labute approximate surface area is 209 Å². The third-order valence-electron chi connectivity index (χ3n) is 5.71. The number of halogens is 1. The number of para-hydroxylation sites is 1. The maximum atomic E-state index is 13.5. The lowest BCUT2D eigenvalue weighted by atomic mass is 10.1. The molecule has 0 saturated carbocycles. The smallest absolute Gasteiger partial charge is 0.295 e. The fraction of sp³-hybridized carbons (Fsp3) is 0.231. The fourth-order valence-electron chi connectivity index (χ4n) is 3.77. The molecule has 0 atom stereocenters. The van der Waals surface area contributed by atoms with Crippen LogP contribution >= 0.6 is 0 Å². The highest BCUT2D eigenvalue weighted by molar-refractivity contribution is 7.92. The van der Waals surface area contributed by atoms with Gasteiger partial charge < -0.3 is 15.1 Å². The lowest BCUT2D eigenvalue weighted by Gasteiger charge is -2.26. The maximum absolute atomic E-state index is 13.5. The monoisotopic (exact) mass is 511 g/mol. The molecular weight excluding hydrogens is 485 g/mol. The first-order valence-corrected chi connectivity index (χ1v) is 13.0. The molecule has 0 aliphatic carbocycles. The molecule has 2 amide bonds. The summed E-state index contributed by atoms with van der Waals surface area (Å²) in [4.78, 5) is 32.1. The van der Waals surface area contributed by atoms with Crippen molar-refractivity contribution in [2.75, 3.05) is 24.1 Å². The summed E-state index contributed by atoms with van der Waals surface area (Å²) in [6, 6.07) is 18.4. The second-order valence-electron chi connectivity index (χ2n) is 8.26. The SMILES string of the molecule is O=C(NCC(=O)N1CCCCC1)c1ccc(S(=O)(=O)N(Oc2ccc(F)cc2)c2ccccc2)cc1. The minimum Gasteiger partial charge on any atom is -0.364 e. The Balaban J connectivity index is 1.49. The summed E-state index contributed by atoms with van der Waals surface area (Å²) in [5.41, 5.74) is 0.450. The van der Waals surface area contributed by atoms with Gasteiger partial charge in [0.15, 0.2) is 5.75 Å². The Bertz CT molecular complexity index is 1290. The number of carbonyl (C=O) groups excluding carboxylic acids is 2. The molecule has 0 spiro atoms. The summed E-state index contributed by atoms with van der Waals surface area (Å²) >= 11 is 0. The van der Waals surface area contributed by atoms with E-state index in [0.29, 0.717) is 13.1 Å². The van der Waals surface area contributed by atoms with Gasteiger partial charge >= 0.3 is 0 Å². The number of nitrogens with zero attached hydrogens (tertiary/aromatic N) is 2. The molecule has 3 aromatic carbocycles. The van der Waals surface area contributed by atoms with Gasteiger partial charge in [0, 0.05) is 18.7 Å². The molecule has 4 rings (SSSR count). The number of rotatable bonds is 8. The van der Waals surface area contributed by atoms with Crippen LogP contribution < -0.4 is 14.6 Å². The van der Waals surface area contributed by atoms with Crippen molar-refractivity contribution in [3.05, 3.63) is 90.2 Å². The predicted molar refractivity (Wildman–Crippen MR) is 132 cm³/mol. The third kappa shape index (κ3) is 6.01. The van der Waals surface area contributed by atoms with E-state index in [4.69, 9.17) is 4.84 Å². The van der Waals surface area contributed by atoms with Crippen LogP contribution in [-0.2, 0) is 14.8 Å². The van der Waals surface area contributed by atoms with E-state index in [1.807, 2.05) is 0 Å². The van der Waals surface area contributed by atoms with Crippen molar-refractivity contribution in [2.45, 2.75) is 24.2 Å². The van der Waals surface area contributed by atoms with E-state index in [-0.39, 0.29) is 34.3 Å². The summed E-state index contributed by atoms with van der Waals surface area (Å²) in [6.45, 7) is 1.27. The van der Waals surface area contributed by atoms with Gasteiger partial charge in [-0.1, -0.05) is 22.7 Å². The highest BCUT2D eigenvalue weighted by atomic mass is 32.2. The van der Waals surface area contributed by atoms with Gasteiger partial charge in [-0.3, -0.25) is 9.59 Å². The van der Waals surface area contributed by atoms with Crippen LogP contribution in [0.15, 0.2) is 83.8 Å². The van der Waals surface area contributed by atoms with Gasteiger partial charge in [0.25, 0.3) is 15.9 Å². The normalized spacial score (nSPS) is 13.6. The zero-order valence-corrected chi connectivity index (χ0v) is 20.3. The standard InChI is InChI=1S/C26H26FN3O5S/c27-21-11-13-23(14-12-21)35-30(22-7-3-1-4-8-22)36(33,34)24-15-9-20(10-16-24)26(32)28-19-25(31)29-17-5-2-6-18-29/h1,3-4,7-16H,2,5-6,17-19H2,(H,28,32). The van der Waals surface area contributed by atoms with Crippen LogP contribution in [-0.4, -0.2) is 44.8 Å². The number of sulfonamides is 1. The van der Waals surface area contributed by atoms with E-state index in [0.717, 1.165) is 35.9 Å². The van der Waals surface area contributed by atoms with E-state index in [1.165, 1.54) is 36.4 Å². The van der Waals surface area contributed by atoms with Crippen molar-refractivity contribution in [2.24, 2.45) is 0 Å². The van der Waals surface area contributed by atoms with Crippen molar-refractivity contribution in [1.82, 2.24) is 10.2 Å². The molecule has 1 aliphatic heterocycles. The van der Waals surface area contributed by atoms with E-state index in [9.17, 15) is 22.4 Å². The number of piperidine rings is 1. The molecule has 3 aromatic rings. The van der Waals surface area contributed by atoms with E-state index >= 15 is 0 Å². The van der Waals surface area contributed by atoms with Crippen molar-refractivity contribution >= 4 is 27.5 Å². The molecule has 0 radical (unpaired) electrons. The van der Waals surface area contributed by atoms with Crippen molar-refractivity contribution in [3.63, 3.8) is 0 Å². The Morgan fingerprint density at radius 1 is 0.889 bits per heavy atom. The molecule has 1 aliphatic rings. The summed E-state index contributed by atoms with van der Waals surface area (Å²) < 4.78 is 40.9. The van der Waals surface area contributed by atoms with Crippen molar-refractivity contribution < 1.29 is 27.2 Å². The highest BCUT2D eigenvalue weighted by Crippen LogP contribution is 2.26. The lowest BCUT2D eigenvalue weighted by molar-refractivity contribution is -0.130. The van der Waals surface area contributed by atoms with E-state index < -0.39 is 21.7 Å². The van der Waals surface area contributed by atoms with Crippen LogP contribution in [0, 0.1) is 5.82 Å². The number of likely N-dealkylation sites (tertiary alicyclic amines) is 1. The van der Waals surface area contributed by atoms with Crippen LogP contribution in [0.25, 0.3) is 0 Å². The van der Waals surface area contributed by atoms with Crippen molar-refractivity contribution in [3.8, 4) is 5.75 Å². The average Bonchev–Trinajstić information content (AvgIpc) is 2.92. The minimum atomic E-state index is -4.22. The molecule has 1 heterocycles. The number of hydrogen-bond acceptors (Lipinski definition) is 5. The Kier molecular flexibility index (Phi) is 7.84. The van der Waals surface area contributed by atoms with Crippen molar-refractivity contribution in [1.29, 1.82) is 0 Å². The van der Waals surface area contributed by atoms with E-state index in [1.54, 1.807) is 35.2 Å². The van der Waals surface area contributed by atoms with Gasteiger partial charge in [-0.25, -0.2) is 4.39 Å². The first kappa shape index (κ1) is 25.2. The average molecular weight is 512 g/mol. The van der Waals surface area contributed by atoms with Crippen LogP contribution in [0.5, 0.6) is 5.75 Å². The number of benzene rings is 3. The minimum absolute atomic E-state index is 0.116. The van der Waals surface area contributed by atoms with Gasteiger partial charge in [0.05, 0.1) is 17.1 Å². The number of anilines is 1. The largest absolute Gasteiger partial charge is 0.364 e. The highest BCUT2D eigenvalue weighted by Gasteiger charge is 2.28. The second-order valence-corrected chi connectivity index (χ2v) is 10.0. The Hall–Kier alpha value is -3.92.